The van der Waals surface area contributed by atoms with Crippen molar-refractivity contribution in [2.24, 2.45) is 0 Å². The van der Waals surface area contributed by atoms with Crippen LogP contribution in [0.15, 0.2) is 54.6 Å². The molecule has 1 atom stereocenters. The van der Waals surface area contributed by atoms with Crippen molar-refractivity contribution in [3.05, 3.63) is 60.2 Å². The minimum Gasteiger partial charge on any atom is -0.325 e. The molecule has 124 valence electrons. The second-order valence-corrected chi connectivity index (χ2v) is 6.11. The third kappa shape index (κ3) is 3.48. The third-order valence-electron chi connectivity index (χ3n) is 4.34. The Bertz CT molecular complexity index is 710. The molecule has 0 aromatic heterocycles. The minimum atomic E-state index is -0.447. The number of amides is 3. The number of rotatable bonds is 6. The molecule has 3 amide bonds. The number of benzene rings is 2. The molecule has 1 aliphatic heterocycles. The first-order valence-electron chi connectivity index (χ1n) is 8.45. The summed E-state index contributed by atoms with van der Waals surface area (Å²) in [5, 5.41) is 2.79. The zero-order chi connectivity index (χ0) is 16.9. The molecule has 3 rings (SSSR count). The highest BCUT2D eigenvalue weighted by molar-refractivity contribution is 6.04. The number of hydrogen-bond donors (Lipinski definition) is 1. The summed E-state index contributed by atoms with van der Waals surface area (Å²) in [4.78, 5) is 25.6. The zero-order valence-electron chi connectivity index (χ0n) is 13.9. The van der Waals surface area contributed by atoms with Crippen molar-refractivity contribution in [1.29, 1.82) is 0 Å². The summed E-state index contributed by atoms with van der Waals surface area (Å²) in [6.07, 6.45) is 2.34. The molecule has 1 heterocycles. The average molecular weight is 322 g/mol. The van der Waals surface area contributed by atoms with E-state index < -0.39 is 6.04 Å². The second kappa shape index (κ2) is 7.30. The van der Waals surface area contributed by atoms with Crippen molar-refractivity contribution in [1.82, 2.24) is 10.2 Å². The van der Waals surface area contributed by atoms with Crippen LogP contribution in [0.5, 0.6) is 0 Å². The summed E-state index contributed by atoms with van der Waals surface area (Å²) in [6.45, 7) is 2.55. The summed E-state index contributed by atoms with van der Waals surface area (Å²) in [5.74, 6) is -0.111. The van der Waals surface area contributed by atoms with Crippen molar-refractivity contribution in [2.75, 3.05) is 6.54 Å². The van der Waals surface area contributed by atoms with Gasteiger partial charge in [-0.1, -0.05) is 67.9 Å². The summed E-state index contributed by atoms with van der Waals surface area (Å²) >= 11 is 0. The number of carbonyl (C=O) groups is 2. The van der Waals surface area contributed by atoms with E-state index in [0.717, 1.165) is 24.0 Å². The van der Waals surface area contributed by atoms with Crippen LogP contribution >= 0.6 is 0 Å². The van der Waals surface area contributed by atoms with Crippen molar-refractivity contribution < 1.29 is 9.59 Å². The van der Waals surface area contributed by atoms with Gasteiger partial charge in [0.15, 0.2) is 0 Å². The van der Waals surface area contributed by atoms with Gasteiger partial charge in [-0.3, -0.25) is 9.69 Å². The van der Waals surface area contributed by atoms with Crippen LogP contribution in [-0.4, -0.2) is 29.4 Å². The molecule has 0 saturated carbocycles. The van der Waals surface area contributed by atoms with Gasteiger partial charge in [0.05, 0.1) is 0 Å². The fourth-order valence-corrected chi connectivity index (χ4v) is 2.94. The van der Waals surface area contributed by atoms with E-state index in [1.807, 2.05) is 37.3 Å². The monoisotopic (exact) mass is 322 g/mol. The van der Waals surface area contributed by atoms with Crippen molar-refractivity contribution in [3.63, 3.8) is 0 Å². The van der Waals surface area contributed by atoms with Gasteiger partial charge in [0.2, 0.25) is 0 Å². The van der Waals surface area contributed by atoms with E-state index in [4.69, 9.17) is 0 Å². The lowest BCUT2D eigenvalue weighted by Gasteiger charge is -2.12. The van der Waals surface area contributed by atoms with Gasteiger partial charge in [-0.25, -0.2) is 4.79 Å². The zero-order valence-corrected chi connectivity index (χ0v) is 13.9. The summed E-state index contributed by atoms with van der Waals surface area (Å²) in [6, 6.07) is 17.6. The van der Waals surface area contributed by atoms with Crippen molar-refractivity contribution >= 4 is 11.9 Å². The Morgan fingerprint density at radius 3 is 2.29 bits per heavy atom. The lowest BCUT2D eigenvalue weighted by atomic mass is 10.0. The number of urea groups is 1. The van der Waals surface area contributed by atoms with Crippen LogP contribution in [0, 0.1) is 0 Å². The number of nitrogens with zero attached hydrogens (tertiary/aromatic N) is 1. The predicted octanol–water partition coefficient (Wildman–Crippen LogP) is 3.62. The predicted molar refractivity (Wildman–Crippen MR) is 94.5 cm³/mol. The number of unbranched alkanes of at least 4 members (excludes halogenated alkanes) is 1. The first-order valence-corrected chi connectivity index (χ1v) is 8.45. The molecule has 1 aliphatic rings. The van der Waals surface area contributed by atoms with Gasteiger partial charge in [0, 0.05) is 13.0 Å². The lowest BCUT2D eigenvalue weighted by molar-refractivity contribution is -0.127. The van der Waals surface area contributed by atoms with Crippen LogP contribution in [0.25, 0.3) is 11.1 Å². The Morgan fingerprint density at radius 2 is 1.62 bits per heavy atom. The van der Waals surface area contributed by atoms with E-state index in [2.05, 4.69) is 29.6 Å². The molecule has 4 heteroatoms. The molecular weight excluding hydrogens is 300 g/mol. The van der Waals surface area contributed by atoms with Gasteiger partial charge in [-0.2, -0.15) is 0 Å². The van der Waals surface area contributed by atoms with Crippen LogP contribution in [0.4, 0.5) is 4.79 Å². The highest BCUT2D eigenvalue weighted by Crippen LogP contribution is 2.20. The molecule has 2 aromatic carbocycles. The maximum absolute atomic E-state index is 12.4. The van der Waals surface area contributed by atoms with Gasteiger partial charge < -0.3 is 5.32 Å². The molecule has 0 radical (unpaired) electrons. The molecular formula is C20H22N2O2. The van der Waals surface area contributed by atoms with Gasteiger partial charge >= 0.3 is 6.03 Å². The largest absolute Gasteiger partial charge is 0.325 e. The molecule has 24 heavy (non-hydrogen) atoms. The Labute approximate surface area is 142 Å². The van der Waals surface area contributed by atoms with E-state index >= 15 is 0 Å². The fraction of sp³-hybridized carbons (Fsp3) is 0.300. The van der Waals surface area contributed by atoms with E-state index in [1.54, 1.807) is 0 Å². The quantitative estimate of drug-likeness (QED) is 0.826. The average Bonchev–Trinajstić information content (AvgIpc) is 2.88. The Kier molecular flexibility index (Phi) is 4.94. The first kappa shape index (κ1) is 16.2. The maximum Gasteiger partial charge on any atom is 0.324 e. The van der Waals surface area contributed by atoms with Crippen LogP contribution in [0.3, 0.4) is 0 Å². The van der Waals surface area contributed by atoms with E-state index in [-0.39, 0.29) is 11.9 Å². The SMILES string of the molecule is CCCCN1C(=O)NC(Cc2ccc(-c3ccccc3)cc2)C1=O. The lowest BCUT2D eigenvalue weighted by Crippen LogP contribution is -2.33. The molecule has 1 N–H and O–H groups in total. The first-order chi connectivity index (χ1) is 11.7. The Balaban J connectivity index is 1.66. The molecule has 0 spiro atoms. The topological polar surface area (TPSA) is 49.4 Å². The van der Waals surface area contributed by atoms with Crippen LogP contribution in [-0.2, 0) is 11.2 Å². The van der Waals surface area contributed by atoms with E-state index in [0.29, 0.717) is 13.0 Å². The Hall–Kier alpha value is -2.62. The molecule has 1 fully saturated rings. The number of hydrogen-bond acceptors (Lipinski definition) is 2. The van der Waals surface area contributed by atoms with Crippen LogP contribution in [0.2, 0.25) is 0 Å². The van der Waals surface area contributed by atoms with Crippen molar-refractivity contribution in [3.8, 4) is 11.1 Å². The fourth-order valence-electron chi connectivity index (χ4n) is 2.94. The second-order valence-electron chi connectivity index (χ2n) is 6.11. The highest BCUT2D eigenvalue weighted by Gasteiger charge is 2.37. The maximum atomic E-state index is 12.4. The van der Waals surface area contributed by atoms with Gasteiger partial charge in [-0.15, -0.1) is 0 Å². The van der Waals surface area contributed by atoms with Crippen LogP contribution < -0.4 is 5.32 Å². The van der Waals surface area contributed by atoms with E-state index in [1.165, 1.54) is 10.5 Å². The molecule has 0 bridgehead atoms. The summed E-state index contributed by atoms with van der Waals surface area (Å²) < 4.78 is 0. The molecule has 0 aliphatic carbocycles. The number of imide groups is 1. The third-order valence-corrected chi connectivity index (χ3v) is 4.34. The van der Waals surface area contributed by atoms with Gasteiger partial charge in [0.1, 0.15) is 6.04 Å². The Morgan fingerprint density at radius 1 is 0.958 bits per heavy atom. The highest BCUT2D eigenvalue weighted by atomic mass is 16.2. The smallest absolute Gasteiger partial charge is 0.324 e. The van der Waals surface area contributed by atoms with Gasteiger partial charge in [-0.05, 0) is 23.1 Å². The molecule has 1 unspecified atom stereocenters. The number of carbonyl (C=O) groups excluding carboxylic acids is 2. The summed E-state index contributed by atoms with van der Waals surface area (Å²) in [7, 11) is 0. The van der Waals surface area contributed by atoms with E-state index in [9.17, 15) is 9.59 Å². The summed E-state index contributed by atoms with van der Waals surface area (Å²) in [5.41, 5.74) is 3.36. The molecule has 2 aromatic rings. The van der Waals surface area contributed by atoms with Gasteiger partial charge in [0.25, 0.3) is 5.91 Å². The minimum absolute atomic E-state index is 0.111. The molecule has 1 saturated heterocycles. The van der Waals surface area contributed by atoms with Crippen molar-refractivity contribution in [2.45, 2.75) is 32.2 Å². The number of nitrogens with one attached hydrogen (secondary N) is 1. The standard InChI is InChI=1S/C20H22N2O2/c1-2-3-13-22-19(23)18(21-20(22)24)14-15-9-11-17(12-10-15)16-7-5-4-6-8-16/h4-12,18H,2-3,13-14H2,1H3,(H,21,24). The molecule has 4 nitrogen and oxygen atoms in total. The van der Waals surface area contributed by atoms with Crippen LogP contribution in [0.1, 0.15) is 25.3 Å². The normalized spacial score (nSPS) is 17.2.